The van der Waals surface area contributed by atoms with Crippen LogP contribution in [0.3, 0.4) is 0 Å². The van der Waals surface area contributed by atoms with Gasteiger partial charge in [-0.1, -0.05) is 13.0 Å². The van der Waals surface area contributed by atoms with Gasteiger partial charge in [-0.15, -0.1) is 0 Å². The van der Waals surface area contributed by atoms with Crippen molar-refractivity contribution in [1.29, 1.82) is 0 Å². The molecule has 0 aromatic carbocycles. The molecule has 126 valence electrons. The van der Waals surface area contributed by atoms with Gasteiger partial charge in [0.1, 0.15) is 0 Å². The maximum atomic E-state index is 12.1. The molecule has 0 radical (unpaired) electrons. The van der Waals surface area contributed by atoms with E-state index in [1.165, 1.54) is 0 Å². The number of aryl methyl sites for hydroxylation is 1. The number of hydrogen-bond donors (Lipinski definition) is 0. The second kappa shape index (κ2) is 6.20. The van der Waals surface area contributed by atoms with Crippen molar-refractivity contribution in [2.45, 2.75) is 38.9 Å². The maximum absolute atomic E-state index is 12.1. The first-order valence-electron chi connectivity index (χ1n) is 8.06. The summed E-state index contributed by atoms with van der Waals surface area (Å²) in [5.74, 6) is 0.267. The van der Waals surface area contributed by atoms with Crippen LogP contribution in [0.15, 0.2) is 18.2 Å². The molecule has 0 bridgehead atoms. The Bertz CT molecular complexity index is 704. The standard InChI is InChI=1S/C16H23N3O3S/c1-3-16(20)19-8-7-18(9-13-6-4-5-12(2)17-13)14-10-23(21,22)11-15(14)19/h4-6,14-15H,3,7-11H2,1-2H3/t14-,15+/m0/s1. The zero-order valence-corrected chi connectivity index (χ0v) is 14.4. The Morgan fingerprint density at radius 3 is 2.70 bits per heavy atom. The SMILES string of the molecule is CCC(=O)N1CCN(Cc2cccc(C)n2)[C@H]2CS(=O)(=O)C[C@H]21. The molecule has 23 heavy (non-hydrogen) atoms. The molecule has 2 fully saturated rings. The van der Waals surface area contributed by atoms with Crippen LogP contribution < -0.4 is 0 Å². The Kier molecular flexibility index (Phi) is 4.42. The number of fused-ring (bicyclic) bond motifs is 1. The van der Waals surface area contributed by atoms with Gasteiger partial charge in [-0.25, -0.2) is 8.42 Å². The van der Waals surface area contributed by atoms with Gasteiger partial charge in [0.2, 0.25) is 5.91 Å². The third-order valence-corrected chi connectivity index (χ3v) is 6.42. The Balaban J connectivity index is 1.82. The molecule has 2 aliphatic heterocycles. The number of sulfone groups is 1. The largest absolute Gasteiger partial charge is 0.336 e. The van der Waals surface area contributed by atoms with Gasteiger partial charge in [0.15, 0.2) is 9.84 Å². The summed E-state index contributed by atoms with van der Waals surface area (Å²) in [5.41, 5.74) is 1.90. The van der Waals surface area contributed by atoms with E-state index in [0.717, 1.165) is 11.4 Å². The van der Waals surface area contributed by atoms with E-state index in [9.17, 15) is 13.2 Å². The van der Waals surface area contributed by atoms with Crippen LogP contribution in [-0.2, 0) is 21.2 Å². The van der Waals surface area contributed by atoms with E-state index >= 15 is 0 Å². The lowest BCUT2D eigenvalue weighted by Crippen LogP contribution is -2.60. The average molecular weight is 337 g/mol. The zero-order valence-electron chi connectivity index (χ0n) is 13.6. The fourth-order valence-corrected chi connectivity index (χ4v) is 5.64. The summed E-state index contributed by atoms with van der Waals surface area (Å²) in [7, 11) is -3.09. The van der Waals surface area contributed by atoms with Crippen LogP contribution in [0.25, 0.3) is 0 Å². The minimum atomic E-state index is -3.09. The molecule has 0 saturated carbocycles. The highest BCUT2D eigenvalue weighted by atomic mass is 32.2. The summed E-state index contributed by atoms with van der Waals surface area (Å²) >= 11 is 0. The van der Waals surface area contributed by atoms with E-state index in [2.05, 4.69) is 9.88 Å². The molecule has 2 saturated heterocycles. The number of amides is 1. The summed E-state index contributed by atoms with van der Waals surface area (Å²) in [5, 5.41) is 0. The molecule has 7 heteroatoms. The van der Waals surface area contributed by atoms with Crippen LogP contribution in [0.4, 0.5) is 0 Å². The lowest BCUT2D eigenvalue weighted by molar-refractivity contribution is -0.136. The highest BCUT2D eigenvalue weighted by Crippen LogP contribution is 2.28. The Morgan fingerprint density at radius 2 is 2.00 bits per heavy atom. The second-order valence-electron chi connectivity index (χ2n) is 6.39. The molecule has 1 aromatic heterocycles. The molecule has 1 amide bonds. The monoisotopic (exact) mass is 337 g/mol. The zero-order chi connectivity index (χ0) is 16.6. The summed E-state index contributed by atoms with van der Waals surface area (Å²) in [6, 6.07) is 5.55. The number of piperazine rings is 1. The molecule has 2 aliphatic rings. The van der Waals surface area contributed by atoms with Gasteiger partial charge in [0.25, 0.3) is 0 Å². The van der Waals surface area contributed by atoms with Crippen LogP contribution in [0, 0.1) is 6.92 Å². The summed E-state index contributed by atoms with van der Waals surface area (Å²) in [6.07, 6.45) is 0.419. The highest BCUT2D eigenvalue weighted by Gasteiger charge is 2.47. The van der Waals surface area contributed by atoms with Gasteiger partial charge in [0.05, 0.1) is 23.2 Å². The second-order valence-corrected chi connectivity index (χ2v) is 8.55. The van der Waals surface area contributed by atoms with Gasteiger partial charge >= 0.3 is 0 Å². The quantitative estimate of drug-likeness (QED) is 0.808. The van der Waals surface area contributed by atoms with Gasteiger partial charge < -0.3 is 4.90 Å². The fourth-order valence-electron chi connectivity index (χ4n) is 3.63. The van der Waals surface area contributed by atoms with Crippen LogP contribution in [0.2, 0.25) is 0 Å². The predicted molar refractivity (Wildman–Crippen MR) is 87.6 cm³/mol. The third kappa shape index (κ3) is 3.40. The number of pyridine rings is 1. The van der Waals surface area contributed by atoms with Crippen molar-refractivity contribution in [1.82, 2.24) is 14.8 Å². The normalized spacial score (nSPS) is 27.0. The van der Waals surface area contributed by atoms with Crippen molar-refractivity contribution in [3.63, 3.8) is 0 Å². The number of nitrogens with zero attached hydrogens (tertiary/aromatic N) is 3. The number of aromatic nitrogens is 1. The van der Waals surface area contributed by atoms with E-state index < -0.39 is 9.84 Å². The van der Waals surface area contributed by atoms with Crippen LogP contribution >= 0.6 is 0 Å². The van der Waals surface area contributed by atoms with E-state index in [0.29, 0.717) is 26.1 Å². The van der Waals surface area contributed by atoms with Crippen molar-refractivity contribution in [2.75, 3.05) is 24.6 Å². The number of carbonyl (C=O) groups excluding carboxylic acids is 1. The molecular weight excluding hydrogens is 314 g/mol. The van der Waals surface area contributed by atoms with Crippen LogP contribution in [-0.4, -0.2) is 65.8 Å². The minimum Gasteiger partial charge on any atom is -0.336 e. The minimum absolute atomic E-state index is 0.0467. The maximum Gasteiger partial charge on any atom is 0.222 e. The van der Waals surface area contributed by atoms with Crippen molar-refractivity contribution in [3.05, 3.63) is 29.6 Å². The van der Waals surface area contributed by atoms with E-state index in [4.69, 9.17) is 0 Å². The number of hydrogen-bond acceptors (Lipinski definition) is 5. The smallest absolute Gasteiger partial charge is 0.222 e. The van der Waals surface area contributed by atoms with E-state index in [-0.39, 0.29) is 29.5 Å². The molecule has 0 spiro atoms. The first-order chi connectivity index (χ1) is 10.9. The summed E-state index contributed by atoms with van der Waals surface area (Å²) in [4.78, 5) is 20.6. The molecule has 0 aliphatic carbocycles. The predicted octanol–water partition coefficient (Wildman–Crippen LogP) is 0.610. The average Bonchev–Trinajstić information content (AvgIpc) is 2.82. The van der Waals surface area contributed by atoms with Crippen LogP contribution in [0.5, 0.6) is 0 Å². The number of carbonyl (C=O) groups is 1. The van der Waals surface area contributed by atoms with Crippen molar-refractivity contribution < 1.29 is 13.2 Å². The van der Waals surface area contributed by atoms with Gasteiger partial charge in [0, 0.05) is 37.8 Å². The summed E-state index contributed by atoms with van der Waals surface area (Å²) < 4.78 is 24.3. The molecule has 2 atom stereocenters. The molecular formula is C16H23N3O3S. The van der Waals surface area contributed by atoms with Crippen molar-refractivity contribution in [2.24, 2.45) is 0 Å². The molecule has 0 unspecified atom stereocenters. The van der Waals surface area contributed by atoms with Crippen molar-refractivity contribution in [3.8, 4) is 0 Å². The Hall–Kier alpha value is -1.47. The highest BCUT2D eigenvalue weighted by molar-refractivity contribution is 7.91. The first-order valence-corrected chi connectivity index (χ1v) is 9.88. The lowest BCUT2D eigenvalue weighted by Gasteiger charge is -2.43. The Labute approximate surface area is 137 Å². The Morgan fingerprint density at radius 1 is 1.26 bits per heavy atom. The first kappa shape index (κ1) is 16.4. The molecule has 1 aromatic rings. The third-order valence-electron chi connectivity index (χ3n) is 4.72. The topological polar surface area (TPSA) is 70.6 Å². The van der Waals surface area contributed by atoms with Gasteiger partial charge in [-0.05, 0) is 19.1 Å². The molecule has 3 heterocycles. The van der Waals surface area contributed by atoms with E-state index in [1.54, 1.807) is 4.90 Å². The molecule has 6 nitrogen and oxygen atoms in total. The number of rotatable bonds is 3. The molecule has 0 N–H and O–H groups in total. The molecule has 3 rings (SSSR count). The summed E-state index contributed by atoms with van der Waals surface area (Å²) in [6.45, 7) is 5.69. The van der Waals surface area contributed by atoms with E-state index in [1.807, 2.05) is 32.0 Å². The van der Waals surface area contributed by atoms with Gasteiger partial charge in [-0.2, -0.15) is 0 Å². The lowest BCUT2D eigenvalue weighted by atomic mass is 10.0. The van der Waals surface area contributed by atoms with Gasteiger partial charge in [-0.3, -0.25) is 14.7 Å². The van der Waals surface area contributed by atoms with Crippen LogP contribution in [0.1, 0.15) is 24.7 Å². The fraction of sp³-hybridized carbons (Fsp3) is 0.625. The van der Waals surface area contributed by atoms with Crippen molar-refractivity contribution >= 4 is 15.7 Å².